The van der Waals surface area contributed by atoms with E-state index in [1.54, 1.807) is 18.2 Å². The summed E-state index contributed by atoms with van der Waals surface area (Å²) < 4.78 is 24.2. The molecule has 0 aliphatic rings. The van der Waals surface area contributed by atoms with Gasteiger partial charge in [0, 0.05) is 33.4 Å². The molecular formula is C24H30N4O5S. The summed E-state index contributed by atoms with van der Waals surface area (Å²) in [5.41, 5.74) is 3.27. The molecule has 2 aromatic carbocycles. The van der Waals surface area contributed by atoms with Crippen molar-refractivity contribution in [3.63, 3.8) is 0 Å². The molecule has 0 spiro atoms. The van der Waals surface area contributed by atoms with Crippen molar-refractivity contribution in [3.8, 4) is 11.1 Å². The maximum Gasteiger partial charge on any atom is 0.261 e. The molecule has 0 saturated heterocycles. The minimum atomic E-state index is -3.71. The molecule has 1 atom stereocenters. The third-order valence-corrected chi connectivity index (χ3v) is 8.21. The number of hydrogen-bond donors (Lipinski definition) is 1. The lowest BCUT2D eigenvalue weighted by Crippen LogP contribution is -2.49. The number of amides is 1. The summed E-state index contributed by atoms with van der Waals surface area (Å²) >= 11 is 0. The Morgan fingerprint density at radius 3 is 2.41 bits per heavy atom. The van der Waals surface area contributed by atoms with Gasteiger partial charge in [-0.05, 0) is 42.2 Å². The summed E-state index contributed by atoms with van der Waals surface area (Å²) in [6.45, 7) is 2.07. The summed E-state index contributed by atoms with van der Waals surface area (Å²) in [5, 5.41) is 4.55. The van der Waals surface area contributed by atoms with Crippen LogP contribution in [0.2, 0.25) is 0 Å². The Bertz CT molecular complexity index is 1350. The lowest BCUT2D eigenvalue weighted by Gasteiger charge is -2.25. The van der Waals surface area contributed by atoms with Crippen LogP contribution in [0.15, 0.2) is 53.6 Å². The number of benzene rings is 2. The Morgan fingerprint density at radius 2 is 1.82 bits per heavy atom. The lowest BCUT2D eigenvalue weighted by atomic mass is 10.0. The molecule has 0 unspecified atom stereocenters. The van der Waals surface area contributed by atoms with Gasteiger partial charge in [-0.3, -0.25) is 14.2 Å². The highest BCUT2D eigenvalue weighted by atomic mass is 32.2. The van der Waals surface area contributed by atoms with E-state index in [1.807, 2.05) is 43.4 Å². The summed E-state index contributed by atoms with van der Waals surface area (Å²) in [4.78, 5) is 34.8. The molecule has 1 aromatic heterocycles. The lowest BCUT2D eigenvalue weighted by molar-refractivity contribution is -0.123. The molecule has 0 fully saturated rings. The predicted octanol–water partition coefficient (Wildman–Crippen LogP) is 2.00. The normalized spacial score (nSPS) is 13.7. The predicted molar refractivity (Wildman–Crippen MR) is 132 cm³/mol. The molecule has 34 heavy (non-hydrogen) atoms. The van der Waals surface area contributed by atoms with Crippen molar-refractivity contribution in [1.82, 2.24) is 19.9 Å². The van der Waals surface area contributed by atoms with Gasteiger partial charge in [-0.1, -0.05) is 30.3 Å². The summed E-state index contributed by atoms with van der Waals surface area (Å²) in [6.07, 6.45) is 2.36. The van der Waals surface area contributed by atoms with Crippen molar-refractivity contribution in [1.29, 1.82) is 0 Å². The third kappa shape index (κ3) is 5.19. The number of hydrogen-bond acceptors (Lipinski definition) is 7. The molecule has 1 N–H and O–H groups in total. The topological polar surface area (TPSA) is 111 Å². The Kier molecular flexibility index (Phi) is 7.54. The van der Waals surface area contributed by atoms with Gasteiger partial charge in [-0.2, -0.15) is 5.06 Å². The van der Waals surface area contributed by atoms with Crippen molar-refractivity contribution in [2.75, 3.05) is 27.5 Å². The molecule has 0 bridgehead atoms. The van der Waals surface area contributed by atoms with Crippen molar-refractivity contribution < 1.29 is 18.0 Å². The Balaban J connectivity index is 1.86. The number of rotatable bonds is 9. The molecule has 9 nitrogen and oxygen atoms in total. The Labute approximate surface area is 199 Å². The highest BCUT2D eigenvalue weighted by molar-refractivity contribution is 7.92. The smallest absolute Gasteiger partial charge is 0.261 e. The van der Waals surface area contributed by atoms with E-state index in [4.69, 9.17) is 4.84 Å². The van der Waals surface area contributed by atoms with Crippen molar-refractivity contribution in [2.24, 2.45) is 0 Å². The average Bonchev–Trinajstić information content (AvgIpc) is 2.82. The maximum absolute atomic E-state index is 13.0. The molecule has 10 heteroatoms. The molecule has 1 heterocycles. The van der Waals surface area contributed by atoms with Crippen LogP contribution in [-0.2, 0) is 32.6 Å². The number of carbonyl (C=O) groups is 1. The van der Waals surface area contributed by atoms with Crippen molar-refractivity contribution in [3.05, 3.63) is 64.7 Å². The standard InChI is InChI=1S/C24H30N4O5S/c1-24(23(30)25-2,34(5,31)32)12-13-28-16-26-21-14-19(10-11-20(21)22(28)29)18-8-6-17(7-9-18)15-27(3)33-4/h6-11,14,16H,12-13,15H2,1-5H3,(H,25,30)/t24-/m1/s1. The van der Waals surface area contributed by atoms with Crippen LogP contribution in [0.4, 0.5) is 0 Å². The number of fused-ring (bicyclic) bond motifs is 1. The average molecular weight is 487 g/mol. The van der Waals surface area contributed by atoms with E-state index in [1.165, 1.54) is 24.9 Å². The van der Waals surface area contributed by atoms with Gasteiger partial charge in [0.2, 0.25) is 5.91 Å². The molecule has 182 valence electrons. The van der Waals surface area contributed by atoms with E-state index in [0.29, 0.717) is 17.4 Å². The van der Waals surface area contributed by atoms with Gasteiger partial charge in [0.15, 0.2) is 9.84 Å². The van der Waals surface area contributed by atoms with Crippen LogP contribution in [0.1, 0.15) is 18.9 Å². The number of hydroxylamine groups is 2. The molecule has 0 aliphatic carbocycles. The molecule has 0 saturated carbocycles. The second kappa shape index (κ2) is 10.0. The highest BCUT2D eigenvalue weighted by Crippen LogP contribution is 2.24. The quantitative estimate of drug-likeness (QED) is 0.461. The number of nitrogens with one attached hydrogen (secondary N) is 1. The zero-order valence-electron chi connectivity index (χ0n) is 20.0. The molecule has 3 rings (SSSR count). The van der Waals surface area contributed by atoms with Crippen LogP contribution < -0.4 is 10.9 Å². The Morgan fingerprint density at radius 1 is 1.18 bits per heavy atom. The van der Waals surface area contributed by atoms with Crippen LogP contribution in [0, 0.1) is 0 Å². The van der Waals surface area contributed by atoms with Gasteiger partial charge in [-0.25, -0.2) is 13.4 Å². The van der Waals surface area contributed by atoms with Crippen LogP contribution in [0.25, 0.3) is 22.0 Å². The number of aromatic nitrogens is 2. The molecular weight excluding hydrogens is 456 g/mol. The summed E-state index contributed by atoms with van der Waals surface area (Å²) in [6, 6.07) is 13.5. The van der Waals surface area contributed by atoms with Gasteiger partial charge in [0.1, 0.15) is 4.75 Å². The number of carbonyl (C=O) groups excluding carboxylic acids is 1. The number of sulfone groups is 1. The van der Waals surface area contributed by atoms with E-state index < -0.39 is 20.5 Å². The van der Waals surface area contributed by atoms with Crippen molar-refractivity contribution >= 4 is 26.6 Å². The summed E-state index contributed by atoms with van der Waals surface area (Å²) in [5.74, 6) is -0.610. The largest absolute Gasteiger partial charge is 0.358 e. The van der Waals surface area contributed by atoms with Crippen LogP contribution in [-0.4, -0.2) is 61.1 Å². The molecule has 1 amide bonds. The second-order valence-electron chi connectivity index (χ2n) is 8.47. The first-order valence-corrected chi connectivity index (χ1v) is 12.6. The molecule has 0 radical (unpaired) electrons. The van der Waals surface area contributed by atoms with Gasteiger partial charge in [-0.15, -0.1) is 0 Å². The minimum Gasteiger partial charge on any atom is -0.358 e. The SMILES string of the molecule is CNC(=O)[C@@](C)(CCn1cnc2cc(-c3ccc(CN(C)OC)cc3)ccc2c1=O)S(C)(=O)=O. The second-order valence-corrected chi connectivity index (χ2v) is 10.9. The fourth-order valence-corrected chi connectivity index (χ4v) is 4.59. The molecule has 3 aromatic rings. The first-order chi connectivity index (χ1) is 16.0. The first-order valence-electron chi connectivity index (χ1n) is 10.8. The highest BCUT2D eigenvalue weighted by Gasteiger charge is 2.42. The minimum absolute atomic E-state index is 0.0396. The van der Waals surface area contributed by atoms with Crippen LogP contribution >= 0.6 is 0 Å². The van der Waals surface area contributed by atoms with E-state index in [9.17, 15) is 18.0 Å². The van der Waals surface area contributed by atoms with E-state index in [0.717, 1.165) is 22.9 Å². The number of aryl methyl sites for hydroxylation is 1. The molecule has 0 aliphatic heterocycles. The first kappa shape index (κ1) is 25.5. The van der Waals surface area contributed by atoms with Crippen molar-refractivity contribution in [2.45, 2.75) is 31.2 Å². The van der Waals surface area contributed by atoms with Crippen LogP contribution in [0.3, 0.4) is 0 Å². The van der Waals surface area contributed by atoms with E-state index >= 15 is 0 Å². The maximum atomic E-state index is 13.0. The number of nitrogens with zero attached hydrogens (tertiary/aromatic N) is 3. The zero-order valence-corrected chi connectivity index (χ0v) is 20.8. The fourth-order valence-electron chi connectivity index (χ4n) is 3.69. The summed E-state index contributed by atoms with van der Waals surface area (Å²) in [7, 11) is 1.16. The van der Waals surface area contributed by atoms with Gasteiger partial charge < -0.3 is 10.2 Å². The van der Waals surface area contributed by atoms with Crippen LogP contribution in [0.5, 0.6) is 0 Å². The zero-order chi connectivity index (χ0) is 25.1. The fraction of sp³-hybridized carbons (Fsp3) is 0.375. The van der Waals surface area contributed by atoms with Gasteiger partial charge in [0.05, 0.1) is 24.3 Å². The monoisotopic (exact) mass is 486 g/mol. The Hall–Kier alpha value is -3.08. The van der Waals surface area contributed by atoms with E-state index in [2.05, 4.69) is 10.3 Å². The third-order valence-electron chi connectivity index (χ3n) is 6.18. The van der Waals surface area contributed by atoms with Gasteiger partial charge >= 0.3 is 0 Å². The van der Waals surface area contributed by atoms with Gasteiger partial charge in [0.25, 0.3) is 5.56 Å². The van der Waals surface area contributed by atoms with E-state index in [-0.39, 0.29) is 18.5 Å².